The average molecular weight is 1030 g/mol. The van der Waals surface area contributed by atoms with E-state index in [0.717, 1.165) is 4.90 Å². The Morgan fingerprint density at radius 2 is 1.60 bits per heavy atom. The standard InChI is InChI=1S/C53H58FN9O12/c1-2-53(74)35-24-39-49-33(27-63(39)50(71)34(35)29-75-52(53)73)48-36(16-15-31-22-32(54)23-37(60-49)47(31)48)58-42(66)14-8-10-19-61(28-40(55)64)51(72)38(21-30-11-5-3-6-12-30)59-44(68)26-57-43(67)25-56-41(65)13-7-4-9-20-62-45(69)17-18-46(62)70/h3,5-6,11-12,17-18,22-24,36,38,74H,2,4,7-10,13-16,19-21,25-29H2,1H3,(H2,55,64)(H,56,65)(H,57,67)(H,58,66)(H,59,68)/t36-,38-,53-/m0/s1. The Kier molecular flexibility index (Phi) is 16.3. The summed E-state index contributed by atoms with van der Waals surface area (Å²) in [6.07, 6.45) is 5.36. The lowest BCUT2D eigenvalue weighted by Crippen LogP contribution is -2.53. The van der Waals surface area contributed by atoms with Crippen molar-refractivity contribution in [1.82, 2.24) is 40.6 Å². The van der Waals surface area contributed by atoms with Crippen LogP contribution >= 0.6 is 0 Å². The summed E-state index contributed by atoms with van der Waals surface area (Å²) >= 11 is 0. The van der Waals surface area contributed by atoms with Gasteiger partial charge in [0, 0.05) is 67.1 Å². The molecule has 4 aliphatic rings. The smallest absolute Gasteiger partial charge is 0.343 e. The number of ether oxygens (including phenoxy) is 1. The molecule has 75 heavy (non-hydrogen) atoms. The van der Waals surface area contributed by atoms with Crippen LogP contribution in [0.4, 0.5) is 4.39 Å². The highest BCUT2D eigenvalue weighted by atomic mass is 19.1. The maximum Gasteiger partial charge on any atom is 0.343 e. The van der Waals surface area contributed by atoms with Crippen molar-refractivity contribution in [1.29, 1.82) is 0 Å². The number of imide groups is 1. The third-order valence-electron chi connectivity index (χ3n) is 14.0. The molecule has 0 fully saturated rings. The SMILES string of the molecule is CC[C@@]1(O)C(=O)OCc2c1cc1n(c2=O)Cc2c-1nc1cc(F)cc3c1c2[C@@H](NC(=O)CCCCN(CC(N)=O)C(=O)[C@H](Cc1ccccc1)NC(=O)CNC(=O)CNC(=O)CCCCCN1C(=O)C=CC1=O)CC3. The summed E-state index contributed by atoms with van der Waals surface area (Å²) in [5, 5.41) is 22.7. The molecule has 0 spiro atoms. The summed E-state index contributed by atoms with van der Waals surface area (Å²) in [6, 6.07) is 11.3. The van der Waals surface area contributed by atoms with Gasteiger partial charge in [-0.05, 0) is 73.8 Å². The fourth-order valence-corrected chi connectivity index (χ4v) is 10.2. The van der Waals surface area contributed by atoms with Crippen molar-refractivity contribution in [2.75, 3.05) is 32.7 Å². The molecule has 2 aromatic heterocycles. The van der Waals surface area contributed by atoms with Crippen LogP contribution in [0.3, 0.4) is 0 Å². The highest BCUT2D eigenvalue weighted by Crippen LogP contribution is 2.45. The van der Waals surface area contributed by atoms with Crippen LogP contribution < -0.4 is 32.6 Å². The summed E-state index contributed by atoms with van der Waals surface area (Å²) < 4.78 is 21.8. The van der Waals surface area contributed by atoms with Gasteiger partial charge in [-0.2, -0.15) is 0 Å². The van der Waals surface area contributed by atoms with E-state index in [1.165, 1.54) is 33.8 Å². The lowest BCUT2D eigenvalue weighted by atomic mass is 9.83. The molecule has 7 N–H and O–H groups in total. The molecule has 2 aromatic carbocycles. The van der Waals surface area contributed by atoms with Gasteiger partial charge in [0.25, 0.3) is 17.4 Å². The number of rotatable bonds is 23. The lowest BCUT2D eigenvalue weighted by molar-refractivity contribution is -0.172. The summed E-state index contributed by atoms with van der Waals surface area (Å²) in [6.45, 7) is 0.155. The average Bonchev–Trinajstić information content (AvgIpc) is 3.92. The normalized spacial score (nSPS) is 17.4. The van der Waals surface area contributed by atoms with Gasteiger partial charge in [-0.25, -0.2) is 14.2 Å². The second-order valence-corrected chi connectivity index (χ2v) is 19.1. The zero-order valence-corrected chi connectivity index (χ0v) is 41.3. The van der Waals surface area contributed by atoms with Crippen molar-refractivity contribution in [2.24, 2.45) is 5.73 Å². The van der Waals surface area contributed by atoms with Crippen LogP contribution in [0.15, 0.2) is 65.5 Å². The van der Waals surface area contributed by atoms with Gasteiger partial charge in [0.1, 0.15) is 18.5 Å². The Hall–Kier alpha value is -8.14. The number of nitrogens with two attached hydrogens (primary N) is 1. The molecule has 5 heterocycles. The molecule has 1 aliphatic carbocycles. The lowest BCUT2D eigenvalue weighted by Gasteiger charge is -2.31. The number of carbonyl (C=O) groups is 9. The number of aromatic nitrogens is 2. The van der Waals surface area contributed by atoms with Crippen LogP contribution in [0.25, 0.3) is 22.3 Å². The molecular weight excluding hydrogens is 974 g/mol. The van der Waals surface area contributed by atoms with Crippen molar-refractivity contribution < 1.29 is 57.4 Å². The number of amides is 8. The number of hydrogen-bond donors (Lipinski definition) is 6. The molecule has 0 saturated heterocycles. The topological polar surface area (TPSA) is 299 Å². The molecule has 21 nitrogen and oxygen atoms in total. The number of nitrogens with zero attached hydrogens (tertiary/aromatic N) is 4. The molecule has 22 heteroatoms. The molecule has 3 aliphatic heterocycles. The summed E-state index contributed by atoms with van der Waals surface area (Å²) in [5.74, 6) is -5.67. The second kappa shape index (κ2) is 23.0. The molecule has 0 radical (unpaired) electrons. The van der Waals surface area contributed by atoms with Crippen LogP contribution in [0.2, 0.25) is 0 Å². The Labute approximate surface area is 429 Å². The van der Waals surface area contributed by atoms with Crippen molar-refractivity contribution in [3.8, 4) is 11.4 Å². The van der Waals surface area contributed by atoms with Crippen LogP contribution in [0.1, 0.15) is 104 Å². The third-order valence-corrected chi connectivity index (χ3v) is 14.0. The molecule has 8 amide bonds. The van der Waals surface area contributed by atoms with Crippen molar-refractivity contribution in [3.63, 3.8) is 0 Å². The van der Waals surface area contributed by atoms with E-state index < -0.39 is 84.2 Å². The van der Waals surface area contributed by atoms with Gasteiger partial charge < -0.3 is 46.3 Å². The molecular formula is C53H58FN9O12. The number of aryl methyl sites for hydroxylation is 1. The highest BCUT2D eigenvalue weighted by molar-refractivity contribution is 6.12. The monoisotopic (exact) mass is 1030 g/mol. The predicted octanol–water partition coefficient (Wildman–Crippen LogP) is 1.25. The minimum absolute atomic E-state index is 0.00541. The number of esters is 1. The fourth-order valence-electron chi connectivity index (χ4n) is 10.2. The minimum Gasteiger partial charge on any atom is -0.458 e. The first-order valence-corrected chi connectivity index (χ1v) is 25.0. The number of primary amides is 1. The van der Waals surface area contributed by atoms with Crippen LogP contribution in [0, 0.1) is 5.82 Å². The van der Waals surface area contributed by atoms with E-state index in [9.17, 15) is 53.1 Å². The Balaban J connectivity index is 0.867. The van der Waals surface area contributed by atoms with Gasteiger partial charge in [0.2, 0.25) is 35.4 Å². The first kappa shape index (κ1) is 53.2. The highest BCUT2D eigenvalue weighted by Gasteiger charge is 2.46. The molecule has 8 rings (SSSR count). The number of cyclic esters (lactones) is 1. The van der Waals surface area contributed by atoms with Crippen molar-refractivity contribution in [3.05, 3.63) is 110 Å². The van der Waals surface area contributed by atoms with Gasteiger partial charge in [-0.15, -0.1) is 0 Å². The van der Waals surface area contributed by atoms with Crippen LogP contribution in [-0.4, -0.2) is 116 Å². The summed E-state index contributed by atoms with van der Waals surface area (Å²) in [5.41, 5.74) is 7.10. The second-order valence-electron chi connectivity index (χ2n) is 19.1. The van der Waals surface area contributed by atoms with Gasteiger partial charge in [0.15, 0.2) is 5.60 Å². The maximum absolute atomic E-state index is 15.1. The van der Waals surface area contributed by atoms with Crippen molar-refractivity contribution in [2.45, 2.75) is 108 Å². The Morgan fingerprint density at radius 1 is 0.893 bits per heavy atom. The van der Waals surface area contributed by atoms with E-state index in [4.69, 9.17) is 15.5 Å². The van der Waals surface area contributed by atoms with Gasteiger partial charge in [-0.3, -0.25) is 48.1 Å². The number of aliphatic hydroxyl groups is 1. The molecule has 394 valence electrons. The summed E-state index contributed by atoms with van der Waals surface area (Å²) in [4.78, 5) is 136. The van der Waals surface area contributed by atoms with Crippen LogP contribution in [0.5, 0.6) is 0 Å². The Morgan fingerprint density at radius 3 is 2.33 bits per heavy atom. The largest absolute Gasteiger partial charge is 0.458 e. The number of hydrogen-bond acceptors (Lipinski definition) is 13. The van der Waals surface area contributed by atoms with E-state index in [0.29, 0.717) is 76.6 Å². The number of fused-ring (bicyclic) bond motifs is 5. The first-order valence-electron chi connectivity index (χ1n) is 25.0. The molecule has 4 aromatic rings. The van der Waals surface area contributed by atoms with Gasteiger partial charge in [-0.1, -0.05) is 43.7 Å². The zero-order chi connectivity index (χ0) is 53.6. The number of halogens is 1. The minimum atomic E-state index is -2.05. The number of unbranched alkanes of at least 4 members (excludes halogenated alkanes) is 3. The number of benzene rings is 2. The van der Waals surface area contributed by atoms with Gasteiger partial charge in [0.05, 0.1) is 54.7 Å². The zero-order valence-electron chi connectivity index (χ0n) is 41.3. The van der Waals surface area contributed by atoms with Gasteiger partial charge >= 0.3 is 5.97 Å². The van der Waals surface area contributed by atoms with Crippen LogP contribution in [-0.2, 0) is 79.5 Å². The quantitative estimate of drug-likeness (QED) is 0.0306. The van der Waals surface area contributed by atoms with E-state index in [-0.39, 0.29) is 93.6 Å². The predicted molar refractivity (Wildman–Crippen MR) is 266 cm³/mol. The van der Waals surface area contributed by atoms with E-state index in [1.54, 1.807) is 43.3 Å². The van der Waals surface area contributed by atoms with E-state index >= 15 is 4.39 Å². The van der Waals surface area contributed by atoms with Crippen molar-refractivity contribution >= 4 is 64.1 Å². The maximum atomic E-state index is 15.1. The van der Waals surface area contributed by atoms with E-state index in [1.807, 2.05) is 0 Å². The summed E-state index contributed by atoms with van der Waals surface area (Å²) in [7, 11) is 0. The van der Waals surface area contributed by atoms with E-state index in [2.05, 4.69) is 21.3 Å². The molecule has 0 bridgehead atoms. The molecule has 3 atom stereocenters. The number of carbonyl (C=O) groups excluding carboxylic acids is 9. The Bertz CT molecular complexity index is 3070. The first-order chi connectivity index (χ1) is 35.9. The fraction of sp³-hybridized carbons (Fsp3) is 0.415. The molecule has 0 unspecified atom stereocenters. The molecule has 0 saturated carbocycles. The number of nitrogens with one attached hydrogen (secondary N) is 4. The number of pyridine rings is 2. The third kappa shape index (κ3) is 11.8.